The van der Waals surface area contributed by atoms with Crippen LogP contribution in [0.5, 0.6) is 0 Å². The molecular weight excluding hydrogens is 508 g/mol. The summed E-state index contributed by atoms with van der Waals surface area (Å²) < 4.78 is 12.2. The molecule has 0 aromatic carbocycles. The summed E-state index contributed by atoms with van der Waals surface area (Å²) in [6.07, 6.45) is 6.06. The van der Waals surface area contributed by atoms with Gasteiger partial charge in [0, 0.05) is 18.3 Å². The van der Waals surface area contributed by atoms with Crippen LogP contribution < -0.4 is 0 Å². The van der Waals surface area contributed by atoms with Crippen molar-refractivity contribution in [3.63, 3.8) is 0 Å². The van der Waals surface area contributed by atoms with Crippen LogP contribution >= 0.6 is 0 Å². The van der Waals surface area contributed by atoms with Crippen molar-refractivity contribution in [2.75, 3.05) is 0 Å². The molecule has 5 aliphatic rings. The molecule has 4 unspecified atom stereocenters. The van der Waals surface area contributed by atoms with E-state index >= 15 is 0 Å². The Morgan fingerprint density at radius 2 is 1.62 bits per heavy atom. The molecule has 13 atom stereocenters. The molecule has 0 heterocycles. The molecule has 0 saturated heterocycles. The quantitative estimate of drug-likeness (QED) is 0.428. The molecule has 5 saturated carbocycles. The van der Waals surface area contributed by atoms with Crippen molar-refractivity contribution in [2.45, 2.75) is 137 Å². The van der Waals surface area contributed by atoms with E-state index < -0.39 is 41.5 Å². The minimum atomic E-state index is -0.834. The second kappa shape index (κ2) is 10.1. The molecule has 2 N–H and O–H groups in total. The van der Waals surface area contributed by atoms with Crippen molar-refractivity contribution in [2.24, 2.45) is 51.2 Å². The molecule has 7 heteroatoms. The molecule has 0 aromatic heterocycles. The third kappa shape index (κ3) is 4.22. The summed E-state index contributed by atoms with van der Waals surface area (Å²) in [5, 5.41) is 21.1. The highest BCUT2D eigenvalue weighted by molar-refractivity contribution is 5.81. The van der Waals surface area contributed by atoms with Crippen LogP contribution in [0.1, 0.15) is 113 Å². The first kappa shape index (κ1) is 30.0. The number of aliphatic hydroxyl groups excluding tert-OH is 2. The van der Waals surface area contributed by atoms with Gasteiger partial charge >= 0.3 is 11.9 Å². The van der Waals surface area contributed by atoms with Crippen LogP contribution in [-0.2, 0) is 23.9 Å². The van der Waals surface area contributed by atoms with Crippen molar-refractivity contribution in [1.82, 2.24) is 0 Å². The minimum Gasteiger partial charge on any atom is -0.462 e. The lowest BCUT2D eigenvalue weighted by atomic mass is 9.29. The van der Waals surface area contributed by atoms with Gasteiger partial charge in [0.15, 0.2) is 0 Å². The number of carbonyl (C=O) groups is 3. The first-order valence-electron chi connectivity index (χ1n) is 15.9. The Labute approximate surface area is 240 Å². The highest BCUT2D eigenvalue weighted by atomic mass is 16.6. The van der Waals surface area contributed by atoms with Crippen molar-refractivity contribution in [3.8, 4) is 0 Å². The smallest absolute Gasteiger partial charge is 0.308 e. The maximum absolute atomic E-state index is 13.2. The second-order valence-electron chi connectivity index (χ2n) is 15.3. The molecule has 5 rings (SSSR count). The van der Waals surface area contributed by atoms with E-state index in [1.165, 1.54) is 26.7 Å². The lowest BCUT2D eigenvalue weighted by Crippen LogP contribution is -2.76. The number of aliphatic hydroxyl groups is 2. The fourth-order valence-electron chi connectivity index (χ4n) is 11.8. The molecule has 1 spiro atoms. The van der Waals surface area contributed by atoms with Crippen LogP contribution in [0.4, 0.5) is 0 Å². The van der Waals surface area contributed by atoms with Gasteiger partial charge in [-0.25, -0.2) is 0 Å². The van der Waals surface area contributed by atoms with Gasteiger partial charge in [0.1, 0.15) is 18.0 Å². The van der Waals surface area contributed by atoms with E-state index in [9.17, 15) is 24.6 Å². The van der Waals surface area contributed by atoms with E-state index in [0.717, 1.165) is 32.1 Å². The highest BCUT2D eigenvalue weighted by Crippen LogP contribution is 2.77. The normalized spacial score (nSPS) is 50.1. The summed E-state index contributed by atoms with van der Waals surface area (Å²) in [5.74, 6) is -1.04. The molecule has 0 radical (unpaired) electrons. The molecule has 5 fully saturated rings. The molecule has 0 amide bonds. The third-order valence-electron chi connectivity index (χ3n) is 13.3. The minimum absolute atomic E-state index is 0.0454. The molecule has 0 bridgehead atoms. The van der Waals surface area contributed by atoms with Crippen molar-refractivity contribution in [3.05, 3.63) is 0 Å². The standard InChI is InChI=1S/C33H52O7/c1-8-30(5)11-9-12-31(6)23(30)10-13-32(7)24(31)16-26(39-20(4)36)33-17-21(37)29(33)28(19(3)35)22(15-25(32)33)40-27(38)14-18(2)34/h18,21-26,28-29,34,37H,8-17H2,1-7H3/t18?,21-,22+,23?,24?,25?,26+,28-,29+,30+,31+,32-,33-/m1/s1. The van der Waals surface area contributed by atoms with Crippen molar-refractivity contribution in [1.29, 1.82) is 0 Å². The molecule has 226 valence electrons. The number of fused-ring (bicyclic) bond motifs is 4. The Balaban J connectivity index is 1.61. The van der Waals surface area contributed by atoms with Gasteiger partial charge in [0.05, 0.1) is 24.5 Å². The molecule has 7 nitrogen and oxygen atoms in total. The summed E-state index contributed by atoms with van der Waals surface area (Å²) in [7, 11) is 0. The van der Waals surface area contributed by atoms with Crippen LogP contribution in [0, 0.1) is 51.2 Å². The van der Waals surface area contributed by atoms with Gasteiger partial charge in [0.25, 0.3) is 0 Å². The van der Waals surface area contributed by atoms with Gasteiger partial charge in [-0.05, 0) is 92.8 Å². The van der Waals surface area contributed by atoms with Crippen molar-refractivity contribution < 1.29 is 34.1 Å². The van der Waals surface area contributed by atoms with Gasteiger partial charge < -0.3 is 19.7 Å². The van der Waals surface area contributed by atoms with Gasteiger partial charge in [-0.3, -0.25) is 14.4 Å². The predicted octanol–water partition coefficient (Wildman–Crippen LogP) is 5.24. The van der Waals surface area contributed by atoms with Crippen LogP contribution in [0.25, 0.3) is 0 Å². The number of Topliss-reactive ketones (excluding diaryl/α,β-unsaturated/α-hetero) is 1. The third-order valence-corrected chi connectivity index (χ3v) is 13.3. The number of ketones is 1. The largest absolute Gasteiger partial charge is 0.462 e. The number of hydrogen-bond donors (Lipinski definition) is 2. The van der Waals surface area contributed by atoms with E-state index in [1.54, 1.807) is 6.92 Å². The van der Waals surface area contributed by atoms with Gasteiger partial charge in [-0.2, -0.15) is 0 Å². The summed E-state index contributed by atoms with van der Waals surface area (Å²) in [6.45, 7) is 14.2. The van der Waals surface area contributed by atoms with Crippen LogP contribution in [-0.4, -0.2) is 52.4 Å². The molecule has 0 aromatic rings. The zero-order valence-electron chi connectivity index (χ0n) is 25.7. The van der Waals surface area contributed by atoms with Gasteiger partial charge in [0.2, 0.25) is 0 Å². The summed E-state index contributed by atoms with van der Waals surface area (Å²) >= 11 is 0. The Bertz CT molecular complexity index is 1040. The lowest BCUT2D eigenvalue weighted by Gasteiger charge is -2.76. The van der Waals surface area contributed by atoms with E-state index in [0.29, 0.717) is 30.1 Å². The molecule has 5 aliphatic carbocycles. The van der Waals surface area contributed by atoms with E-state index in [2.05, 4.69) is 27.7 Å². The number of carbonyl (C=O) groups excluding carboxylic acids is 3. The summed E-state index contributed by atoms with van der Waals surface area (Å²) in [5.41, 5.74) is -0.209. The lowest BCUT2D eigenvalue weighted by molar-refractivity contribution is -0.323. The fraction of sp³-hybridized carbons (Fsp3) is 0.909. The highest BCUT2D eigenvalue weighted by Gasteiger charge is 2.77. The van der Waals surface area contributed by atoms with Crippen LogP contribution in [0.3, 0.4) is 0 Å². The zero-order valence-corrected chi connectivity index (χ0v) is 25.7. The van der Waals surface area contributed by atoms with E-state index in [4.69, 9.17) is 9.47 Å². The predicted molar refractivity (Wildman–Crippen MR) is 150 cm³/mol. The topological polar surface area (TPSA) is 110 Å². The maximum Gasteiger partial charge on any atom is 0.308 e. The first-order valence-corrected chi connectivity index (χ1v) is 15.9. The molecule has 0 aliphatic heterocycles. The Morgan fingerprint density at radius 1 is 0.950 bits per heavy atom. The Hall–Kier alpha value is -1.47. The average Bonchev–Trinajstić information content (AvgIpc) is 2.83. The monoisotopic (exact) mass is 560 g/mol. The first-order chi connectivity index (χ1) is 18.6. The SMILES string of the molecule is CC[C@@]1(C)CCC[C@@]2(C)C1CC[C@]1(C)C2C[C@H](OC(C)=O)[C@]23C[C@@H](O)[C@H]2[C@H](C(C)=O)[C@@H](OC(=O)CC(C)O)CC13. The van der Waals surface area contributed by atoms with Gasteiger partial charge in [-0.15, -0.1) is 0 Å². The van der Waals surface area contributed by atoms with E-state index in [-0.39, 0.29) is 41.0 Å². The van der Waals surface area contributed by atoms with Crippen LogP contribution in [0.15, 0.2) is 0 Å². The summed E-state index contributed by atoms with van der Waals surface area (Å²) in [6, 6.07) is 0. The van der Waals surface area contributed by atoms with Crippen LogP contribution in [0.2, 0.25) is 0 Å². The average molecular weight is 561 g/mol. The maximum atomic E-state index is 13.2. The number of rotatable bonds is 6. The van der Waals surface area contributed by atoms with Crippen molar-refractivity contribution >= 4 is 17.7 Å². The second-order valence-corrected chi connectivity index (χ2v) is 15.3. The number of ether oxygens (including phenoxy) is 2. The summed E-state index contributed by atoms with van der Waals surface area (Å²) in [4.78, 5) is 38.6. The number of hydrogen-bond acceptors (Lipinski definition) is 7. The molecular formula is C33H52O7. The van der Waals surface area contributed by atoms with E-state index in [1.807, 2.05) is 0 Å². The number of esters is 2. The van der Waals surface area contributed by atoms with Gasteiger partial charge in [-0.1, -0.05) is 40.5 Å². The fourth-order valence-corrected chi connectivity index (χ4v) is 11.8. The zero-order chi connectivity index (χ0) is 29.4. The Kier molecular flexibility index (Phi) is 7.55. The Morgan fingerprint density at radius 3 is 2.20 bits per heavy atom. The molecule has 40 heavy (non-hydrogen) atoms.